The Balaban J connectivity index is 1.60. The fraction of sp³-hybridized carbons (Fsp3) is 0.318. The van der Waals surface area contributed by atoms with Gasteiger partial charge in [-0.25, -0.2) is 8.78 Å². The molecular weight excluding hydrogens is 447 g/mol. The molecule has 2 unspecified atom stereocenters. The first-order valence-corrected chi connectivity index (χ1v) is 10.1. The second kappa shape index (κ2) is 8.54. The molecule has 0 aromatic heterocycles. The standard InChI is InChI=1S/C22H19F5N4O2/c23-16-4-3-11(8-17(16)24)15-9-29-6-5-18(15)31-10-13-2-1-12(7-14(13)20(31)32)19(28)30-21(33)22(25,26)27/h1-4,7-8,15,18,29H,5-6,9-10H2,(H2,28,30,33). The van der Waals surface area contributed by atoms with Crippen LogP contribution >= 0.6 is 0 Å². The number of halogens is 5. The summed E-state index contributed by atoms with van der Waals surface area (Å²) in [5.41, 5.74) is 7.02. The highest BCUT2D eigenvalue weighted by atomic mass is 19.4. The van der Waals surface area contributed by atoms with Crippen molar-refractivity contribution in [3.63, 3.8) is 0 Å². The van der Waals surface area contributed by atoms with E-state index >= 15 is 0 Å². The molecule has 0 radical (unpaired) electrons. The molecule has 1 saturated heterocycles. The van der Waals surface area contributed by atoms with Gasteiger partial charge in [-0.05, 0) is 42.3 Å². The average Bonchev–Trinajstić information content (AvgIpc) is 3.10. The molecular formula is C22H19F5N4O2. The van der Waals surface area contributed by atoms with Gasteiger partial charge in [0, 0.05) is 36.2 Å². The maximum absolute atomic E-state index is 13.8. The number of hydrogen-bond acceptors (Lipinski definition) is 3. The van der Waals surface area contributed by atoms with Crippen molar-refractivity contribution in [3.8, 4) is 0 Å². The van der Waals surface area contributed by atoms with Crippen molar-refractivity contribution in [2.45, 2.75) is 31.1 Å². The van der Waals surface area contributed by atoms with E-state index < -0.39 is 29.6 Å². The summed E-state index contributed by atoms with van der Waals surface area (Å²) in [6.45, 7) is 1.33. The van der Waals surface area contributed by atoms with Crippen LogP contribution in [0.2, 0.25) is 0 Å². The maximum Gasteiger partial charge on any atom is 0.473 e. The van der Waals surface area contributed by atoms with E-state index in [1.165, 1.54) is 18.2 Å². The van der Waals surface area contributed by atoms with Crippen LogP contribution in [0.15, 0.2) is 41.4 Å². The summed E-state index contributed by atoms with van der Waals surface area (Å²) < 4.78 is 64.6. The SMILES string of the molecule is NC(=NC(=O)C(F)(F)F)c1ccc2c(c1)C(=O)N(C1CCNCC1c1ccc(F)c(F)c1)C2. The maximum atomic E-state index is 13.8. The first kappa shape index (κ1) is 22.8. The van der Waals surface area contributed by atoms with Crippen LogP contribution in [0.1, 0.15) is 39.4 Å². The number of aliphatic imine (C=N–C) groups is 1. The minimum absolute atomic E-state index is 0.0176. The monoisotopic (exact) mass is 466 g/mol. The van der Waals surface area contributed by atoms with E-state index in [1.54, 1.807) is 11.0 Å². The van der Waals surface area contributed by atoms with Gasteiger partial charge in [-0.1, -0.05) is 18.2 Å². The lowest BCUT2D eigenvalue weighted by molar-refractivity contribution is -0.169. The van der Waals surface area contributed by atoms with Crippen LogP contribution < -0.4 is 11.1 Å². The number of hydrogen-bond donors (Lipinski definition) is 2. The van der Waals surface area contributed by atoms with E-state index in [0.717, 1.165) is 12.1 Å². The van der Waals surface area contributed by atoms with Crippen LogP contribution in [0.3, 0.4) is 0 Å². The number of piperidine rings is 1. The minimum atomic E-state index is -5.15. The molecule has 0 spiro atoms. The van der Waals surface area contributed by atoms with Crippen molar-refractivity contribution in [1.82, 2.24) is 10.2 Å². The minimum Gasteiger partial charge on any atom is -0.383 e. The van der Waals surface area contributed by atoms with Gasteiger partial charge in [0.1, 0.15) is 5.84 Å². The number of alkyl halides is 3. The Morgan fingerprint density at radius 1 is 1.12 bits per heavy atom. The van der Waals surface area contributed by atoms with E-state index in [4.69, 9.17) is 5.73 Å². The summed E-state index contributed by atoms with van der Waals surface area (Å²) >= 11 is 0. The molecule has 2 aliphatic heterocycles. The molecule has 11 heteroatoms. The lowest BCUT2D eigenvalue weighted by Gasteiger charge is -2.38. The molecule has 174 valence electrons. The van der Waals surface area contributed by atoms with Gasteiger partial charge in [-0.2, -0.15) is 18.2 Å². The number of fused-ring (bicyclic) bond motifs is 1. The fourth-order valence-electron chi connectivity index (χ4n) is 4.29. The Morgan fingerprint density at radius 3 is 2.58 bits per heavy atom. The van der Waals surface area contributed by atoms with Gasteiger partial charge in [0.25, 0.3) is 5.91 Å². The zero-order valence-electron chi connectivity index (χ0n) is 17.1. The van der Waals surface area contributed by atoms with Gasteiger partial charge < -0.3 is 16.0 Å². The number of carbonyl (C=O) groups excluding carboxylic acids is 2. The smallest absolute Gasteiger partial charge is 0.383 e. The quantitative estimate of drug-likeness (QED) is 0.414. The normalized spacial score (nSPS) is 21.3. The Morgan fingerprint density at radius 2 is 1.88 bits per heavy atom. The Kier molecular flexibility index (Phi) is 5.91. The highest BCUT2D eigenvalue weighted by Crippen LogP contribution is 2.35. The van der Waals surface area contributed by atoms with E-state index in [0.29, 0.717) is 30.6 Å². The molecule has 2 aromatic carbocycles. The second-order valence-corrected chi connectivity index (χ2v) is 7.95. The highest BCUT2D eigenvalue weighted by molar-refractivity contribution is 6.07. The molecule has 4 rings (SSSR count). The van der Waals surface area contributed by atoms with Crippen LogP contribution in [-0.4, -0.2) is 47.9 Å². The lowest BCUT2D eigenvalue weighted by Crippen LogP contribution is -2.48. The topological polar surface area (TPSA) is 87.8 Å². The summed E-state index contributed by atoms with van der Waals surface area (Å²) in [4.78, 5) is 28.8. The average molecular weight is 466 g/mol. The summed E-state index contributed by atoms with van der Waals surface area (Å²) in [7, 11) is 0. The van der Waals surface area contributed by atoms with Gasteiger partial charge in [0.15, 0.2) is 11.6 Å². The van der Waals surface area contributed by atoms with Gasteiger partial charge in [-0.3, -0.25) is 9.59 Å². The number of benzene rings is 2. The lowest BCUT2D eigenvalue weighted by atomic mass is 9.85. The molecule has 2 aliphatic rings. The Hall–Kier alpha value is -3.34. The van der Waals surface area contributed by atoms with Crippen molar-refractivity contribution >= 4 is 17.6 Å². The molecule has 0 aliphatic carbocycles. The van der Waals surface area contributed by atoms with Gasteiger partial charge in [-0.15, -0.1) is 0 Å². The van der Waals surface area contributed by atoms with Crippen LogP contribution in [0, 0.1) is 11.6 Å². The molecule has 2 heterocycles. The van der Waals surface area contributed by atoms with Crippen LogP contribution in [0.4, 0.5) is 22.0 Å². The molecule has 2 amide bonds. The zero-order valence-corrected chi connectivity index (χ0v) is 17.1. The molecule has 0 bridgehead atoms. The summed E-state index contributed by atoms with van der Waals surface area (Å²) in [5.74, 6) is -5.56. The number of amidine groups is 1. The number of nitrogens with two attached hydrogens (primary N) is 1. The Bertz CT molecular complexity index is 1150. The Labute approximate surface area is 185 Å². The van der Waals surface area contributed by atoms with E-state index in [9.17, 15) is 31.5 Å². The van der Waals surface area contributed by atoms with Gasteiger partial charge in [0.05, 0.1) is 0 Å². The van der Waals surface area contributed by atoms with Crippen LogP contribution in [-0.2, 0) is 11.3 Å². The van der Waals surface area contributed by atoms with E-state index in [-0.39, 0.29) is 35.5 Å². The number of nitrogens with zero attached hydrogens (tertiary/aromatic N) is 2. The number of rotatable bonds is 3. The largest absolute Gasteiger partial charge is 0.473 e. The van der Waals surface area contributed by atoms with Gasteiger partial charge in [0.2, 0.25) is 0 Å². The summed E-state index contributed by atoms with van der Waals surface area (Å²) in [6.07, 6.45) is -4.59. The predicted octanol–water partition coefficient (Wildman–Crippen LogP) is 2.86. The predicted molar refractivity (Wildman–Crippen MR) is 108 cm³/mol. The molecule has 2 aromatic rings. The third-order valence-corrected chi connectivity index (χ3v) is 5.92. The third-order valence-electron chi connectivity index (χ3n) is 5.92. The van der Waals surface area contributed by atoms with E-state index in [2.05, 4.69) is 10.3 Å². The highest BCUT2D eigenvalue weighted by Gasteiger charge is 2.40. The number of carbonyl (C=O) groups is 2. The van der Waals surface area contributed by atoms with Crippen molar-refractivity contribution in [2.75, 3.05) is 13.1 Å². The van der Waals surface area contributed by atoms with Crippen LogP contribution in [0.5, 0.6) is 0 Å². The molecule has 0 saturated carbocycles. The van der Waals surface area contributed by atoms with Crippen LogP contribution in [0.25, 0.3) is 0 Å². The van der Waals surface area contributed by atoms with E-state index in [1.807, 2.05) is 0 Å². The summed E-state index contributed by atoms with van der Waals surface area (Å²) in [6, 6.07) is 7.62. The van der Waals surface area contributed by atoms with Crippen molar-refractivity contribution in [1.29, 1.82) is 0 Å². The van der Waals surface area contributed by atoms with Crippen molar-refractivity contribution in [3.05, 3.63) is 70.3 Å². The first-order valence-electron chi connectivity index (χ1n) is 10.1. The fourth-order valence-corrected chi connectivity index (χ4v) is 4.29. The van der Waals surface area contributed by atoms with Gasteiger partial charge >= 0.3 is 12.1 Å². The first-order chi connectivity index (χ1) is 15.6. The molecule has 2 atom stereocenters. The second-order valence-electron chi connectivity index (χ2n) is 7.95. The molecule has 3 N–H and O–H groups in total. The number of nitrogens with one attached hydrogen (secondary N) is 1. The van der Waals surface area contributed by atoms with Crippen molar-refractivity contribution in [2.24, 2.45) is 10.7 Å². The molecule has 6 nitrogen and oxygen atoms in total. The summed E-state index contributed by atoms with van der Waals surface area (Å²) in [5, 5.41) is 3.20. The third kappa shape index (κ3) is 4.45. The molecule has 1 fully saturated rings. The molecule has 33 heavy (non-hydrogen) atoms. The van der Waals surface area contributed by atoms with Crippen molar-refractivity contribution < 1.29 is 31.5 Å². The number of amides is 2. The zero-order chi connectivity index (χ0) is 23.9.